The highest BCUT2D eigenvalue weighted by atomic mass is 19.1. The van der Waals surface area contributed by atoms with Crippen molar-refractivity contribution in [2.45, 2.75) is 39.2 Å². The second kappa shape index (κ2) is 7.49. The van der Waals surface area contributed by atoms with Crippen molar-refractivity contribution in [1.29, 1.82) is 0 Å². The van der Waals surface area contributed by atoms with Crippen LogP contribution >= 0.6 is 0 Å². The molecule has 0 unspecified atom stereocenters. The van der Waals surface area contributed by atoms with E-state index in [1.54, 1.807) is 6.07 Å². The highest BCUT2D eigenvalue weighted by Gasteiger charge is 2.06. The van der Waals surface area contributed by atoms with E-state index in [1.165, 1.54) is 6.07 Å². The van der Waals surface area contributed by atoms with Gasteiger partial charge < -0.3 is 10.6 Å². The van der Waals surface area contributed by atoms with E-state index in [4.69, 9.17) is 0 Å². The molecule has 0 bridgehead atoms. The van der Waals surface area contributed by atoms with E-state index in [-0.39, 0.29) is 11.4 Å². The summed E-state index contributed by atoms with van der Waals surface area (Å²) in [5, 5.41) is 6.78. The fourth-order valence-electron chi connectivity index (χ4n) is 1.73. The first-order chi connectivity index (χ1) is 8.49. The van der Waals surface area contributed by atoms with Gasteiger partial charge in [-0.25, -0.2) is 4.39 Å². The van der Waals surface area contributed by atoms with Crippen molar-refractivity contribution in [3.05, 3.63) is 35.6 Å². The van der Waals surface area contributed by atoms with Gasteiger partial charge in [0.2, 0.25) is 0 Å². The van der Waals surface area contributed by atoms with E-state index in [0.29, 0.717) is 0 Å². The quantitative estimate of drug-likeness (QED) is 0.729. The molecule has 0 aliphatic carbocycles. The second-order valence-electron chi connectivity index (χ2n) is 5.62. The van der Waals surface area contributed by atoms with Crippen LogP contribution in [-0.2, 0) is 6.42 Å². The molecule has 0 saturated carbocycles. The maximum Gasteiger partial charge on any atom is 0.126 e. The smallest absolute Gasteiger partial charge is 0.126 e. The summed E-state index contributed by atoms with van der Waals surface area (Å²) in [6.07, 6.45) is 1.84. The van der Waals surface area contributed by atoms with E-state index in [2.05, 4.69) is 31.4 Å². The second-order valence-corrected chi connectivity index (χ2v) is 5.62. The summed E-state index contributed by atoms with van der Waals surface area (Å²) in [5.74, 6) is -0.103. The van der Waals surface area contributed by atoms with Crippen molar-refractivity contribution < 1.29 is 4.39 Å². The molecule has 2 nitrogen and oxygen atoms in total. The van der Waals surface area contributed by atoms with Gasteiger partial charge in [0.15, 0.2) is 0 Å². The molecular formula is C15H25FN2. The predicted molar refractivity (Wildman–Crippen MR) is 75.3 cm³/mol. The van der Waals surface area contributed by atoms with Gasteiger partial charge >= 0.3 is 0 Å². The number of halogens is 1. The van der Waals surface area contributed by atoms with E-state index < -0.39 is 0 Å². The minimum Gasteiger partial charge on any atom is -0.316 e. The molecular weight excluding hydrogens is 227 g/mol. The maximum atomic E-state index is 13.3. The zero-order valence-electron chi connectivity index (χ0n) is 11.7. The van der Waals surface area contributed by atoms with Crippen LogP contribution in [0.4, 0.5) is 4.39 Å². The first-order valence-corrected chi connectivity index (χ1v) is 6.68. The molecule has 0 atom stereocenters. The van der Waals surface area contributed by atoms with Crippen LogP contribution in [0.2, 0.25) is 0 Å². The first kappa shape index (κ1) is 15.1. The Morgan fingerprint density at radius 1 is 1.06 bits per heavy atom. The molecule has 0 spiro atoms. The first-order valence-electron chi connectivity index (χ1n) is 6.68. The molecule has 0 radical (unpaired) electrons. The molecule has 0 aliphatic rings. The molecule has 0 aliphatic heterocycles. The molecule has 1 rings (SSSR count). The fraction of sp³-hybridized carbons (Fsp3) is 0.600. The standard InChI is InChI=1S/C15H25FN2/c1-15(2,3)18-11-6-10-17-12-9-13-7-4-5-8-14(13)16/h4-5,7-8,17-18H,6,9-12H2,1-3H3. The summed E-state index contributed by atoms with van der Waals surface area (Å²) < 4.78 is 13.3. The van der Waals surface area contributed by atoms with E-state index in [0.717, 1.165) is 38.0 Å². The van der Waals surface area contributed by atoms with Crippen LogP contribution < -0.4 is 10.6 Å². The number of hydrogen-bond donors (Lipinski definition) is 2. The normalized spacial score (nSPS) is 11.8. The lowest BCUT2D eigenvalue weighted by Gasteiger charge is -2.20. The number of hydrogen-bond acceptors (Lipinski definition) is 2. The van der Waals surface area contributed by atoms with Crippen molar-refractivity contribution >= 4 is 0 Å². The van der Waals surface area contributed by atoms with Crippen LogP contribution in [0.15, 0.2) is 24.3 Å². The molecule has 18 heavy (non-hydrogen) atoms. The van der Waals surface area contributed by atoms with Gasteiger partial charge in [-0.1, -0.05) is 18.2 Å². The minimum absolute atomic E-state index is 0.103. The van der Waals surface area contributed by atoms with Crippen LogP contribution in [-0.4, -0.2) is 25.2 Å². The molecule has 0 amide bonds. The molecule has 1 aromatic rings. The summed E-state index contributed by atoms with van der Waals surface area (Å²) in [4.78, 5) is 0. The Bertz CT molecular complexity index is 345. The van der Waals surface area contributed by atoms with Gasteiger partial charge in [-0.05, 0) is 64.9 Å². The molecule has 102 valence electrons. The lowest BCUT2D eigenvalue weighted by atomic mass is 10.1. The summed E-state index contributed by atoms with van der Waals surface area (Å²) in [6, 6.07) is 6.97. The Balaban J connectivity index is 2.04. The summed E-state index contributed by atoms with van der Waals surface area (Å²) >= 11 is 0. The maximum absolute atomic E-state index is 13.3. The number of rotatable bonds is 7. The summed E-state index contributed by atoms with van der Waals surface area (Å²) in [5.41, 5.74) is 0.977. The lowest BCUT2D eigenvalue weighted by molar-refractivity contribution is 0.418. The van der Waals surface area contributed by atoms with Crippen LogP contribution in [0.3, 0.4) is 0 Å². The van der Waals surface area contributed by atoms with E-state index in [1.807, 2.05) is 12.1 Å². The van der Waals surface area contributed by atoms with Crippen molar-refractivity contribution in [1.82, 2.24) is 10.6 Å². The topological polar surface area (TPSA) is 24.1 Å². The molecule has 0 saturated heterocycles. The highest BCUT2D eigenvalue weighted by Crippen LogP contribution is 2.06. The average molecular weight is 252 g/mol. The fourth-order valence-corrected chi connectivity index (χ4v) is 1.73. The Morgan fingerprint density at radius 3 is 2.44 bits per heavy atom. The minimum atomic E-state index is -0.103. The van der Waals surface area contributed by atoms with Crippen molar-refractivity contribution in [2.75, 3.05) is 19.6 Å². The van der Waals surface area contributed by atoms with Crippen LogP contribution in [0.5, 0.6) is 0 Å². The van der Waals surface area contributed by atoms with Crippen LogP contribution in [0.25, 0.3) is 0 Å². The Kier molecular flexibility index (Phi) is 6.30. The third kappa shape index (κ3) is 6.72. The number of benzene rings is 1. The van der Waals surface area contributed by atoms with E-state index >= 15 is 0 Å². The highest BCUT2D eigenvalue weighted by molar-refractivity contribution is 5.17. The Labute approximate surface area is 110 Å². The van der Waals surface area contributed by atoms with Gasteiger partial charge in [0.05, 0.1) is 0 Å². The third-order valence-electron chi connectivity index (χ3n) is 2.71. The third-order valence-corrected chi connectivity index (χ3v) is 2.71. The molecule has 3 heteroatoms. The molecule has 1 aromatic carbocycles. The van der Waals surface area contributed by atoms with Gasteiger partial charge in [-0.2, -0.15) is 0 Å². The van der Waals surface area contributed by atoms with Gasteiger partial charge in [0.1, 0.15) is 5.82 Å². The molecule has 2 N–H and O–H groups in total. The van der Waals surface area contributed by atoms with Gasteiger partial charge in [-0.15, -0.1) is 0 Å². The monoisotopic (exact) mass is 252 g/mol. The van der Waals surface area contributed by atoms with Gasteiger partial charge in [0.25, 0.3) is 0 Å². The van der Waals surface area contributed by atoms with Crippen molar-refractivity contribution in [3.63, 3.8) is 0 Å². The number of nitrogens with one attached hydrogen (secondary N) is 2. The zero-order valence-corrected chi connectivity index (χ0v) is 11.7. The van der Waals surface area contributed by atoms with Crippen LogP contribution in [0, 0.1) is 5.82 Å². The molecule has 0 fully saturated rings. The Hall–Kier alpha value is -0.930. The lowest BCUT2D eigenvalue weighted by Crippen LogP contribution is -2.37. The van der Waals surface area contributed by atoms with Crippen molar-refractivity contribution in [3.8, 4) is 0 Å². The summed E-state index contributed by atoms with van der Waals surface area (Å²) in [6.45, 7) is 9.31. The van der Waals surface area contributed by atoms with Gasteiger partial charge in [-0.3, -0.25) is 0 Å². The average Bonchev–Trinajstić information content (AvgIpc) is 2.28. The zero-order chi connectivity index (χ0) is 13.4. The largest absolute Gasteiger partial charge is 0.316 e. The molecule has 0 aromatic heterocycles. The van der Waals surface area contributed by atoms with Crippen molar-refractivity contribution in [2.24, 2.45) is 0 Å². The summed E-state index contributed by atoms with van der Waals surface area (Å²) in [7, 11) is 0. The van der Waals surface area contributed by atoms with Gasteiger partial charge in [0, 0.05) is 5.54 Å². The SMILES string of the molecule is CC(C)(C)NCCCNCCc1ccccc1F. The Morgan fingerprint density at radius 2 is 1.78 bits per heavy atom. The molecule has 0 heterocycles. The predicted octanol–water partition coefficient (Wildman–Crippen LogP) is 2.74. The van der Waals surface area contributed by atoms with Crippen LogP contribution in [0.1, 0.15) is 32.8 Å². The van der Waals surface area contributed by atoms with E-state index in [9.17, 15) is 4.39 Å².